The first kappa shape index (κ1) is 15.8. The van der Waals surface area contributed by atoms with Crippen LogP contribution in [0.15, 0.2) is 18.2 Å². The Morgan fingerprint density at radius 1 is 1.42 bits per heavy atom. The van der Waals surface area contributed by atoms with Crippen LogP contribution in [0.5, 0.6) is 0 Å². The molecule has 1 atom stereocenters. The van der Waals surface area contributed by atoms with Gasteiger partial charge >= 0.3 is 6.18 Å². The van der Waals surface area contributed by atoms with Crippen LogP contribution in [0.3, 0.4) is 0 Å². The molecule has 1 aromatic carbocycles. The molecule has 3 N–H and O–H groups in total. The Labute approximate surface area is 113 Å². The number of nitrogens with two attached hydrogens (primary N) is 1. The molecular formula is C12H14ClF3N2O. The van der Waals surface area contributed by atoms with Gasteiger partial charge in [-0.3, -0.25) is 4.79 Å². The topological polar surface area (TPSA) is 55.1 Å². The summed E-state index contributed by atoms with van der Waals surface area (Å²) >= 11 is 5.60. The Morgan fingerprint density at radius 2 is 2.05 bits per heavy atom. The van der Waals surface area contributed by atoms with Gasteiger partial charge in [-0.15, -0.1) is 0 Å². The molecule has 0 unspecified atom stereocenters. The van der Waals surface area contributed by atoms with E-state index in [1.165, 1.54) is 6.07 Å². The second-order valence-electron chi connectivity index (χ2n) is 4.11. The minimum atomic E-state index is -4.52. The number of hydrogen-bond acceptors (Lipinski definition) is 2. The van der Waals surface area contributed by atoms with E-state index in [-0.39, 0.29) is 10.7 Å². The minimum absolute atomic E-state index is 0.0172. The van der Waals surface area contributed by atoms with Crippen molar-refractivity contribution in [2.75, 3.05) is 5.32 Å². The van der Waals surface area contributed by atoms with Crippen molar-refractivity contribution in [3.8, 4) is 0 Å². The number of carbonyl (C=O) groups excluding carboxylic acids is 1. The maximum atomic E-state index is 12.6. The third kappa shape index (κ3) is 4.72. The van der Waals surface area contributed by atoms with Gasteiger partial charge < -0.3 is 11.1 Å². The maximum absolute atomic E-state index is 12.6. The molecule has 1 rings (SSSR count). The Kier molecular flexibility index (Phi) is 5.20. The van der Waals surface area contributed by atoms with E-state index in [1.54, 1.807) is 0 Å². The molecule has 0 aliphatic carbocycles. The standard InChI is InChI=1S/C12H14ClF3N2O/c1-2-3-10(17)11(19)18-9-5-7(12(14,15)16)4-8(13)6-9/h4-6,10H,2-3,17H2,1H3,(H,18,19)/t10-/m1/s1. The monoisotopic (exact) mass is 294 g/mol. The van der Waals surface area contributed by atoms with Crippen LogP contribution in [-0.4, -0.2) is 11.9 Å². The largest absolute Gasteiger partial charge is 0.416 e. The number of halogens is 4. The second-order valence-corrected chi connectivity index (χ2v) is 4.55. The fourth-order valence-electron chi connectivity index (χ4n) is 1.50. The van der Waals surface area contributed by atoms with Gasteiger partial charge in [-0.25, -0.2) is 0 Å². The van der Waals surface area contributed by atoms with Gasteiger partial charge in [0.05, 0.1) is 11.6 Å². The SMILES string of the molecule is CCC[C@@H](N)C(=O)Nc1cc(Cl)cc(C(F)(F)F)c1. The summed E-state index contributed by atoms with van der Waals surface area (Å²) in [5, 5.41) is 2.23. The zero-order valence-corrected chi connectivity index (χ0v) is 11.0. The molecule has 0 saturated heterocycles. The zero-order valence-electron chi connectivity index (χ0n) is 10.2. The van der Waals surface area contributed by atoms with E-state index in [2.05, 4.69) is 5.32 Å². The summed E-state index contributed by atoms with van der Waals surface area (Å²) < 4.78 is 37.7. The van der Waals surface area contributed by atoms with E-state index in [9.17, 15) is 18.0 Å². The number of hydrogen-bond donors (Lipinski definition) is 2. The lowest BCUT2D eigenvalue weighted by molar-refractivity contribution is -0.137. The number of nitrogens with one attached hydrogen (secondary N) is 1. The molecule has 0 radical (unpaired) electrons. The summed E-state index contributed by atoms with van der Waals surface area (Å²) in [4.78, 5) is 11.6. The normalized spacial score (nSPS) is 13.2. The van der Waals surface area contributed by atoms with Crippen molar-refractivity contribution in [2.24, 2.45) is 5.73 Å². The van der Waals surface area contributed by atoms with E-state index >= 15 is 0 Å². The lowest BCUT2D eigenvalue weighted by Crippen LogP contribution is -2.35. The highest BCUT2D eigenvalue weighted by molar-refractivity contribution is 6.31. The van der Waals surface area contributed by atoms with Gasteiger partial charge in [0.1, 0.15) is 0 Å². The van der Waals surface area contributed by atoms with Gasteiger partial charge in [0, 0.05) is 10.7 Å². The molecule has 0 fully saturated rings. The van der Waals surface area contributed by atoms with Crippen LogP contribution in [0.25, 0.3) is 0 Å². The van der Waals surface area contributed by atoms with Gasteiger partial charge in [0.2, 0.25) is 5.91 Å². The maximum Gasteiger partial charge on any atom is 0.416 e. The zero-order chi connectivity index (χ0) is 14.6. The van der Waals surface area contributed by atoms with E-state index in [0.717, 1.165) is 12.1 Å². The van der Waals surface area contributed by atoms with Gasteiger partial charge in [-0.05, 0) is 24.6 Å². The van der Waals surface area contributed by atoms with Crippen molar-refractivity contribution >= 4 is 23.2 Å². The molecule has 0 aliphatic heterocycles. The average molecular weight is 295 g/mol. The van der Waals surface area contributed by atoms with Crippen LogP contribution in [-0.2, 0) is 11.0 Å². The van der Waals surface area contributed by atoms with Gasteiger partial charge in [-0.2, -0.15) is 13.2 Å². The van der Waals surface area contributed by atoms with Gasteiger partial charge in [0.15, 0.2) is 0 Å². The average Bonchev–Trinajstić information content (AvgIpc) is 2.27. The van der Waals surface area contributed by atoms with E-state index in [0.29, 0.717) is 12.8 Å². The first-order valence-corrected chi connectivity index (χ1v) is 6.06. The van der Waals surface area contributed by atoms with Crippen molar-refractivity contribution in [1.29, 1.82) is 0 Å². The number of alkyl halides is 3. The van der Waals surface area contributed by atoms with Crippen LogP contribution >= 0.6 is 11.6 Å². The fourth-order valence-corrected chi connectivity index (χ4v) is 1.74. The molecule has 0 bridgehead atoms. The first-order chi connectivity index (χ1) is 8.74. The summed E-state index contributed by atoms with van der Waals surface area (Å²) in [6.45, 7) is 1.86. The van der Waals surface area contributed by atoms with Gasteiger partial charge in [0.25, 0.3) is 0 Å². The summed E-state index contributed by atoms with van der Waals surface area (Å²) in [5.41, 5.74) is 4.64. The van der Waals surface area contributed by atoms with Crippen molar-refractivity contribution in [3.05, 3.63) is 28.8 Å². The fraction of sp³-hybridized carbons (Fsp3) is 0.417. The Bertz CT molecular complexity index is 463. The van der Waals surface area contributed by atoms with Crippen LogP contribution in [0.2, 0.25) is 5.02 Å². The van der Waals surface area contributed by atoms with Crippen LogP contribution < -0.4 is 11.1 Å². The molecule has 0 saturated carbocycles. The first-order valence-electron chi connectivity index (χ1n) is 5.68. The van der Waals surface area contributed by atoms with Crippen molar-refractivity contribution in [1.82, 2.24) is 0 Å². The predicted octanol–water partition coefficient (Wildman–Crippen LogP) is 3.42. The molecule has 0 heterocycles. The third-order valence-electron chi connectivity index (χ3n) is 2.43. The molecule has 0 aliphatic rings. The highest BCUT2D eigenvalue weighted by atomic mass is 35.5. The lowest BCUT2D eigenvalue weighted by atomic mass is 10.1. The van der Waals surface area contributed by atoms with Crippen LogP contribution in [0, 0.1) is 0 Å². The number of benzene rings is 1. The minimum Gasteiger partial charge on any atom is -0.325 e. The van der Waals surface area contributed by atoms with Crippen molar-refractivity contribution in [2.45, 2.75) is 32.0 Å². The number of carbonyl (C=O) groups is 1. The Balaban J connectivity index is 2.90. The highest BCUT2D eigenvalue weighted by Gasteiger charge is 2.31. The Hall–Kier alpha value is -1.27. The van der Waals surface area contributed by atoms with E-state index < -0.39 is 23.7 Å². The number of anilines is 1. The van der Waals surface area contributed by atoms with E-state index in [1.807, 2.05) is 6.92 Å². The molecular weight excluding hydrogens is 281 g/mol. The quantitative estimate of drug-likeness (QED) is 0.894. The molecule has 1 amide bonds. The summed E-state index contributed by atoms with van der Waals surface area (Å²) in [6.07, 6.45) is -3.35. The molecule has 0 spiro atoms. The predicted molar refractivity (Wildman–Crippen MR) is 68.0 cm³/mol. The summed E-state index contributed by atoms with van der Waals surface area (Å²) in [7, 11) is 0. The molecule has 106 valence electrons. The van der Waals surface area contributed by atoms with Crippen molar-refractivity contribution < 1.29 is 18.0 Å². The summed E-state index contributed by atoms with van der Waals surface area (Å²) in [5.74, 6) is -0.530. The molecule has 1 aromatic rings. The number of rotatable bonds is 4. The second kappa shape index (κ2) is 6.25. The van der Waals surface area contributed by atoms with E-state index in [4.69, 9.17) is 17.3 Å². The lowest BCUT2D eigenvalue weighted by Gasteiger charge is -2.13. The molecule has 7 heteroatoms. The molecule has 3 nitrogen and oxygen atoms in total. The van der Waals surface area contributed by atoms with Gasteiger partial charge in [-0.1, -0.05) is 24.9 Å². The smallest absolute Gasteiger partial charge is 0.325 e. The van der Waals surface area contributed by atoms with Crippen LogP contribution in [0.4, 0.5) is 18.9 Å². The summed E-state index contributed by atoms with van der Waals surface area (Å²) in [6, 6.07) is 2.11. The molecule has 0 aromatic heterocycles. The van der Waals surface area contributed by atoms with Crippen LogP contribution in [0.1, 0.15) is 25.3 Å². The van der Waals surface area contributed by atoms with Crippen molar-refractivity contribution in [3.63, 3.8) is 0 Å². The highest BCUT2D eigenvalue weighted by Crippen LogP contribution is 2.33. The number of amides is 1. The molecule has 19 heavy (non-hydrogen) atoms. The Morgan fingerprint density at radius 3 is 2.58 bits per heavy atom. The third-order valence-corrected chi connectivity index (χ3v) is 2.65.